The summed E-state index contributed by atoms with van der Waals surface area (Å²) in [4.78, 5) is 36.2. The van der Waals surface area contributed by atoms with Crippen LogP contribution in [-0.2, 0) is 14.3 Å². The molecular weight excluding hydrogens is 444 g/mol. The Kier molecular flexibility index (Phi) is 7.45. The Hall–Kier alpha value is -4.13. The normalized spacial score (nSPS) is 13.7. The van der Waals surface area contributed by atoms with Crippen molar-refractivity contribution in [2.45, 2.75) is 37.8 Å². The first kappa shape index (κ1) is 24.0. The first-order valence-corrected chi connectivity index (χ1v) is 11.6. The molecule has 1 aliphatic carbocycles. The van der Waals surface area contributed by atoms with Crippen LogP contribution in [0.1, 0.15) is 48.4 Å². The largest absolute Gasteiger partial charge is 0.481 e. The molecule has 35 heavy (non-hydrogen) atoms. The lowest BCUT2D eigenvalue weighted by Crippen LogP contribution is -2.38. The highest BCUT2D eigenvalue weighted by Gasteiger charge is 2.29. The van der Waals surface area contributed by atoms with Gasteiger partial charge in [0.25, 0.3) is 0 Å². The zero-order chi connectivity index (χ0) is 24.8. The van der Waals surface area contributed by atoms with Gasteiger partial charge in [0, 0.05) is 12.0 Å². The average molecular weight is 473 g/mol. The summed E-state index contributed by atoms with van der Waals surface area (Å²) >= 11 is 0. The first-order chi connectivity index (χ1) is 16.9. The number of carboxylic acids is 1. The van der Waals surface area contributed by atoms with Crippen molar-refractivity contribution in [3.05, 3.63) is 95.6 Å². The molecular formula is C28H28N2O5. The molecule has 0 saturated carbocycles. The van der Waals surface area contributed by atoms with Gasteiger partial charge in [-0.2, -0.15) is 0 Å². The van der Waals surface area contributed by atoms with Gasteiger partial charge in [-0.25, -0.2) is 4.79 Å². The molecule has 1 aliphatic rings. The van der Waals surface area contributed by atoms with E-state index in [0.717, 1.165) is 27.8 Å². The van der Waals surface area contributed by atoms with Crippen LogP contribution in [0.25, 0.3) is 11.1 Å². The molecule has 0 spiro atoms. The summed E-state index contributed by atoms with van der Waals surface area (Å²) in [6.07, 6.45) is -0.841. The van der Waals surface area contributed by atoms with Crippen molar-refractivity contribution >= 4 is 18.0 Å². The van der Waals surface area contributed by atoms with E-state index in [-0.39, 0.29) is 31.3 Å². The van der Waals surface area contributed by atoms with Crippen LogP contribution in [0.4, 0.5) is 4.79 Å². The highest BCUT2D eigenvalue weighted by atomic mass is 16.5. The molecule has 0 fully saturated rings. The Morgan fingerprint density at radius 2 is 1.40 bits per heavy atom. The van der Waals surface area contributed by atoms with E-state index in [9.17, 15) is 14.4 Å². The molecule has 0 aliphatic heterocycles. The second kappa shape index (κ2) is 10.9. The molecule has 1 unspecified atom stereocenters. The quantitative estimate of drug-likeness (QED) is 0.421. The third kappa shape index (κ3) is 5.87. The maximum atomic E-state index is 12.8. The summed E-state index contributed by atoms with van der Waals surface area (Å²) in [7, 11) is 0. The number of ether oxygens (including phenoxy) is 1. The van der Waals surface area contributed by atoms with Crippen molar-refractivity contribution in [3.8, 4) is 11.1 Å². The van der Waals surface area contributed by atoms with Crippen molar-refractivity contribution in [2.75, 3.05) is 6.61 Å². The van der Waals surface area contributed by atoms with Crippen LogP contribution >= 0.6 is 0 Å². The lowest BCUT2D eigenvalue weighted by atomic mass is 9.98. The summed E-state index contributed by atoms with van der Waals surface area (Å²) in [6, 6.07) is 24.2. The lowest BCUT2D eigenvalue weighted by Gasteiger charge is -2.21. The molecule has 7 heteroatoms. The van der Waals surface area contributed by atoms with E-state index >= 15 is 0 Å². The van der Waals surface area contributed by atoms with Crippen LogP contribution < -0.4 is 10.6 Å². The molecule has 3 N–H and O–H groups in total. The third-order valence-electron chi connectivity index (χ3n) is 6.12. The Morgan fingerprint density at radius 3 is 2.00 bits per heavy atom. The van der Waals surface area contributed by atoms with E-state index < -0.39 is 24.1 Å². The van der Waals surface area contributed by atoms with Gasteiger partial charge in [0.1, 0.15) is 6.61 Å². The number of alkyl carbamates (subject to hydrolysis) is 1. The molecule has 0 aromatic heterocycles. The number of amides is 2. The third-order valence-corrected chi connectivity index (χ3v) is 6.12. The monoisotopic (exact) mass is 472 g/mol. The van der Waals surface area contributed by atoms with Crippen molar-refractivity contribution in [1.82, 2.24) is 10.6 Å². The number of hydrogen-bond acceptors (Lipinski definition) is 4. The van der Waals surface area contributed by atoms with E-state index in [1.165, 1.54) is 0 Å². The van der Waals surface area contributed by atoms with E-state index in [4.69, 9.17) is 9.84 Å². The number of carbonyl (C=O) groups excluding carboxylic acids is 2. The molecule has 2 amide bonds. The van der Waals surface area contributed by atoms with Gasteiger partial charge in [0.05, 0.1) is 18.9 Å². The van der Waals surface area contributed by atoms with Crippen LogP contribution in [0.3, 0.4) is 0 Å². The molecule has 4 rings (SSSR count). The van der Waals surface area contributed by atoms with Gasteiger partial charge in [-0.05, 0) is 34.7 Å². The predicted molar refractivity (Wildman–Crippen MR) is 132 cm³/mol. The highest BCUT2D eigenvalue weighted by molar-refractivity contribution is 5.80. The highest BCUT2D eigenvalue weighted by Crippen LogP contribution is 2.44. The molecule has 0 saturated heterocycles. The molecule has 3 aromatic carbocycles. The first-order valence-electron chi connectivity index (χ1n) is 11.6. The number of aliphatic carboxylic acids is 1. The van der Waals surface area contributed by atoms with E-state index in [2.05, 4.69) is 34.9 Å². The number of nitrogens with one attached hydrogen (secondary N) is 2. The number of hydrogen-bond donors (Lipinski definition) is 3. The summed E-state index contributed by atoms with van der Waals surface area (Å²) in [5.74, 6) is -1.41. The lowest BCUT2D eigenvalue weighted by molar-refractivity contribution is -0.137. The second-order valence-corrected chi connectivity index (χ2v) is 8.70. The van der Waals surface area contributed by atoms with E-state index in [0.29, 0.717) is 0 Å². The maximum absolute atomic E-state index is 12.8. The molecule has 0 bridgehead atoms. The Labute approximate surface area is 204 Å². The fraction of sp³-hybridized carbons (Fsp3) is 0.250. The number of carbonyl (C=O) groups is 3. The molecule has 180 valence electrons. The average Bonchev–Trinajstić information content (AvgIpc) is 3.16. The van der Waals surface area contributed by atoms with Crippen molar-refractivity contribution in [1.29, 1.82) is 0 Å². The van der Waals surface area contributed by atoms with Crippen molar-refractivity contribution in [2.24, 2.45) is 0 Å². The molecule has 2 atom stereocenters. The van der Waals surface area contributed by atoms with Crippen LogP contribution in [0.2, 0.25) is 0 Å². The molecule has 0 radical (unpaired) electrons. The number of carboxylic acid groups (broad SMARTS) is 1. The standard InChI is InChI=1S/C28H28N2O5/c1-18(15-27(32)33)29-26(31)16-25(19-9-3-2-4-10-19)30-28(34)35-17-24-22-13-7-5-11-20(22)21-12-6-8-14-23(21)24/h2-14,18,24-25H,15-17H2,1H3,(H,29,31)(H,30,34)(H,32,33)/t18-,25?/m0/s1. The Morgan fingerprint density at radius 1 is 0.829 bits per heavy atom. The topological polar surface area (TPSA) is 105 Å². The van der Waals surface area contributed by atoms with Gasteiger partial charge < -0.3 is 20.5 Å². The van der Waals surface area contributed by atoms with Gasteiger partial charge in [0.15, 0.2) is 0 Å². The zero-order valence-corrected chi connectivity index (χ0v) is 19.4. The second-order valence-electron chi connectivity index (χ2n) is 8.70. The molecule has 3 aromatic rings. The van der Waals surface area contributed by atoms with Crippen LogP contribution in [-0.4, -0.2) is 35.7 Å². The van der Waals surface area contributed by atoms with Crippen LogP contribution in [0.5, 0.6) is 0 Å². The molecule has 0 heterocycles. The minimum absolute atomic E-state index is 0.0435. The van der Waals surface area contributed by atoms with E-state index in [1.54, 1.807) is 6.92 Å². The summed E-state index contributed by atoms with van der Waals surface area (Å²) in [5.41, 5.74) is 5.28. The van der Waals surface area contributed by atoms with Crippen molar-refractivity contribution < 1.29 is 24.2 Å². The molecule has 7 nitrogen and oxygen atoms in total. The van der Waals surface area contributed by atoms with Crippen molar-refractivity contribution in [3.63, 3.8) is 0 Å². The summed E-state index contributed by atoms with van der Waals surface area (Å²) in [6.45, 7) is 1.80. The minimum atomic E-state index is -0.992. The van der Waals surface area contributed by atoms with Crippen LogP contribution in [0, 0.1) is 0 Å². The summed E-state index contributed by atoms with van der Waals surface area (Å²) in [5, 5.41) is 14.4. The maximum Gasteiger partial charge on any atom is 0.407 e. The summed E-state index contributed by atoms with van der Waals surface area (Å²) < 4.78 is 5.65. The predicted octanol–water partition coefficient (Wildman–Crippen LogP) is 4.64. The fourth-order valence-corrected chi connectivity index (χ4v) is 4.55. The van der Waals surface area contributed by atoms with E-state index in [1.807, 2.05) is 54.6 Å². The SMILES string of the molecule is C[C@@H](CC(=O)O)NC(=O)CC(NC(=O)OCC1c2ccccc2-c2ccccc21)c1ccccc1. The Balaban J connectivity index is 1.42. The smallest absolute Gasteiger partial charge is 0.407 e. The zero-order valence-electron chi connectivity index (χ0n) is 19.4. The Bertz CT molecular complexity index is 1170. The number of fused-ring (bicyclic) bond motifs is 3. The number of rotatable bonds is 9. The minimum Gasteiger partial charge on any atom is -0.481 e. The van der Waals surface area contributed by atoms with Gasteiger partial charge >= 0.3 is 12.1 Å². The fourth-order valence-electron chi connectivity index (χ4n) is 4.55. The van der Waals surface area contributed by atoms with Gasteiger partial charge in [-0.15, -0.1) is 0 Å². The van der Waals surface area contributed by atoms with Crippen LogP contribution in [0.15, 0.2) is 78.9 Å². The van der Waals surface area contributed by atoms with Gasteiger partial charge in [0.2, 0.25) is 5.91 Å². The van der Waals surface area contributed by atoms with Gasteiger partial charge in [-0.1, -0.05) is 78.9 Å². The number of benzene rings is 3. The van der Waals surface area contributed by atoms with Gasteiger partial charge in [-0.3, -0.25) is 9.59 Å².